The van der Waals surface area contributed by atoms with E-state index in [0.29, 0.717) is 0 Å². The summed E-state index contributed by atoms with van der Waals surface area (Å²) in [5, 5.41) is 0. The largest absolute Gasteiger partial charge is 0.334 e. The lowest BCUT2D eigenvalue weighted by Gasteiger charge is -2.26. The average molecular weight is 228 g/mol. The molecule has 0 radical (unpaired) electrons. The van der Waals surface area contributed by atoms with Crippen LogP contribution in [0.4, 0.5) is 0 Å². The van der Waals surface area contributed by atoms with Crippen molar-refractivity contribution in [3.8, 4) is 0 Å². The van der Waals surface area contributed by atoms with Gasteiger partial charge in [0.1, 0.15) is 5.82 Å². The summed E-state index contributed by atoms with van der Waals surface area (Å²) in [7, 11) is 0. The minimum atomic E-state index is 0.124. The monoisotopic (exact) mass is 228 g/mol. The Labute approximate surface area is 103 Å². The van der Waals surface area contributed by atoms with Crippen LogP contribution in [-0.2, 0) is 12.0 Å². The lowest BCUT2D eigenvalue weighted by atomic mass is 9.84. The van der Waals surface area contributed by atoms with Gasteiger partial charge in [-0.15, -0.1) is 0 Å². The first-order valence-electron chi connectivity index (χ1n) is 6.04. The van der Waals surface area contributed by atoms with Crippen LogP contribution in [0, 0.1) is 13.8 Å². The molecule has 0 saturated heterocycles. The van der Waals surface area contributed by atoms with Crippen LogP contribution in [0.15, 0.2) is 36.7 Å². The number of imidazole rings is 1. The van der Waals surface area contributed by atoms with Gasteiger partial charge in [-0.05, 0) is 19.4 Å². The molecule has 0 fully saturated rings. The SMILES string of the molecule is Cc1ccc(C(C)(C)Cn2ccnc2C)cc1. The zero-order valence-electron chi connectivity index (χ0n) is 11.1. The van der Waals surface area contributed by atoms with E-state index in [4.69, 9.17) is 0 Å². The molecule has 17 heavy (non-hydrogen) atoms. The normalized spacial score (nSPS) is 11.8. The quantitative estimate of drug-likeness (QED) is 0.786. The number of hydrogen-bond donors (Lipinski definition) is 0. The van der Waals surface area contributed by atoms with E-state index in [9.17, 15) is 0 Å². The fourth-order valence-electron chi connectivity index (χ4n) is 2.09. The van der Waals surface area contributed by atoms with Crippen molar-refractivity contribution in [1.82, 2.24) is 9.55 Å². The molecule has 0 unspecified atom stereocenters. The molecule has 2 heteroatoms. The molecule has 2 aromatic rings. The third-order valence-corrected chi connectivity index (χ3v) is 3.32. The molecule has 2 rings (SSSR count). The maximum absolute atomic E-state index is 4.27. The van der Waals surface area contributed by atoms with E-state index in [1.54, 1.807) is 0 Å². The summed E-state index contributed by atoms with van der Waals surface area (Å²) in [6.45, 7) is 9.68. The van der Waals surface area contributed by atoms with Crippen molar-refractivity contribution in [1.29, 1.82) is 0 Å². The number of benzene rings is 1. The van der Waals surface area contributed by atoms with Gasteiger partial charge in [-0.3, -0.25) is 0 Å². The Morgan fingerprint density at radius 1 is 1.12 bits per heavy atom. The standard InChI is InChI=1S/C15H20N2/c1-12-5-7-14(8-6-12)15(3,4)11-17-10-9-16-13(17)2/h5-10H,11H2,1-4H3. The van der Waals surface area contributed by atoms with Crippen LogP contribution in [0.2, 0.25) is 0 Å². The average Bonchev–Trinajstić information content (AvgIpc) is 2.64. The number of aromatic nitrogens is 2. The first-order valence-corrected chi connectivity index (χ1v) is 6.04. The smallest absolute Gasteiger partial charge is 0.105 e. The topological polar surface area (TPSA) is 17.8 Å². The van der Waals surface area contributed by atoms with E-state index >= 15 is 0 Å². The summed E-state index contributed by atoms with van der Waals surface area (Å²) in [6.07, 6.45) is 3.91. The fourth-order valence-corrected chi connectivity index (χ4v) is 2.09. The van der Waals surface area contributed by atoms with Gasteiger partial charge >= 0.3 is 0 Å². The van der Waals surface area contributed by atoms with Gasteiger partial charge in [0.15, 0.2) is 0 Å². The zero-order valence-corrected chi connectivity index (χ0v) is 11.1. The van der Waals surface area contributed by atoms with Gasteiger partial charge in [0, 0.05) is 24.4 Å². The summed E-state index contributed by atoms with van der Waals surface area (Å²) in [6, 6.07) is 8.80. The van der Waals surface area contributed by atoms with E-state index < -0.39 is 0 Å². The highest BCUT2D eigenvalue weighted by Gasteiger charge is 2.21. The molecule has 0 atom stereocenters. The summed E-state index contributed by atoms with van der Waals surface area (Å²) >= 11 is 0. The van der Waals surface area contributed by atoms with Gasteiger partial charge < -0.3 is 4.57 Å². The maximum Gasteiger partial charge on any atom is 0.105 e. The Bertz CT molecular complexity index is 492. The van der Waals surface area contributed by atoms with Crippen LogP contribution in [0.5, 0.6) is 0 Å². The van der Waals surface area contributed by atoms with E-state index in [1.165, 1.54) is 11.1 Å². The predicted octanol–water partition coefficient (Wildman–Crippen LogP) is 3.48. The molecule has 0 bridgehead atoms. The summed E-state index contributed by atoms with van der Waals surface area (Å²) < 4.78 is 2.21. The van der Waals surface area contributed by atoms with Crippen LogP contribution >= 0.6 is 0 Å². The first kappa shape index (κ1) is 11.9. The van der Waals surface area contributed by atoms with Gasteiger partial charge in [0.25, 0.3) is 0 Å². The molecular formula is C15H20N2. The molecule has 0 aliphatic carbocycles. The van der Waals surface area contributed by atoms with Crippen molar-refractivity contribution >= 4 is 0 Å². The molecule has 0 aliphatic heterocycles. The number of aryl methyl sites for hydroxylation is 2. The lowest BCUT2D eigenvalue weighted by molar-refractivity contribution is 0.429. The van der Waals surface area contributed by atoms with Crippen LogP contribution < -0.4 is 0 Å². The predicted molar refractivity (Wildman–Crippen MR) is 71.2 cm³/mol. The van der Waals surface area contributed by atoms with Crippen molar-refractivity contribution in [2.45, 2.75) is 39.7 Å². The first-order chi connectivity index (χ1) is 7.99. The lowest BCUT2D eigenvalue weighted by Crippen LogP contribution is -2.24. The third-order valence-electron chi connectivity index (χ3n) is 3.32. The van der Waals surface area contributed by atoms with Crippen LogP contribution in [0.3, 0.4) is 0 Å². The van der Waals surface area contributed by atoms with Gasteiger partial charge in [0.2, 0.25) is 0 Å². The van der Waals surface area contributed by atoms with Crippen molar-refractivity contribution < 1.29 is 0 Å². The Kier molecular flexibility index (Phi) is 3.05. The molecular weight excluding hydrogens is 208 g/mol. The molecule has 2 nitrogen and oxygen atoms in total. The van der Waals surface area contributed by atoms with Gasteiger partial charge in [-0.2, -0.15) is 0 Å². The van der Waals surface area contributed by atoms with Crippen LogP contribution in [-0.4, -0.2) is 9.55 Å². The number of nitrogens with zero attached hydrogens (tertiary/aromatic N) is 2. The summed E-state index contributed by atoms with van der Waals surface area (Å²) in [4.78, 5) is 4.27. The number of rotatable bonds is 3. The molecule has 1 heterocycles. The highest BCUT2D eigenvalue weighted by atomic mass is 15.1. The molecule has 1 aromatic carbocycles. The molecule has 0 amide bonds. The maximum atomic E-state index is 4.27. The second-order valence-corrected chi connectivity index (χ2v) is 5.35. The van der Waals surface area contributed by atoms with Crippen LogP contribution in [0.1, 0.15) is 30.8 Å². The minimum Gasteiger partial charge on any atom is -0.334 e. The zero-order chi connectivity index (χ0) is 12.5. The van der Waals surface area contributed by atoms with Gasteiger partial charge in [-0.25, -0.2) is 4.98 Å². The molecule has 0 aliphatic rings. The molecule has 0 saturated carbocycles. The Hall–Kier alpha value is -1.57. The minimum absolute atomic E-state index is 0.124. The molecule has 0 spiro atoms. The van der Waals surface area contributed by atoms with Gasteiger partial charge in [0.05, 0.1) is 0 Å². The van der Waals surface area contributed by atoms with Crippen molar-refractivity contribution in [2.24, 2.45) is 0 Å². The molecule has 1 aromatic heterocycles. The molecule has 90 valence electrons. The van der Waals surface area contributed by atoms with Gasteiger partial charge in [-0.1, -0.05) is 43.7 Å². The number of hydrogen-bond acceptors (Lipinski definition) is 1. The van der Waals surface area contributed by atoms with Crippen molar-refractivity contribution in [2.75, 3.05) is 0 Å². The van der Waals surface area contributed by atoms with Crippen molar-refractivity contribution in [3.63, 3.8) is 0 Å². The second-order valence-electron chi connectivity index (χ2n) is 5.35. The second kappa shape index (κ2) is 4.36. The molecule has 0 N–H and O–H groups in total. The van der Waals surface area contributed by atoms with E-state index in [0.717, 1.165) is 12.4 Å². The Morgan fingerprint density at radius 3 is 2.29 bits per heavy atom. The van der Waals surface area contributed by atoms with Crippen LogP contribution in [0.25, 0.3) is 0 Å². The third kappa shape index (κ3) is 2.57. The van der Waals surface area contributed by atoms with E-state index in [-0.39, 0.29) is 5.41 Å². The Balaban J connectivity index is 2.24. The van der Waals surface area contributed by atoms with Crippen molar-refractivity contribution in [3.05, 3.63) is 53.6 Å². The summed E-state index contributed by atoms with van der Waals surface area (Å²) in [5.41, 5.74) is 2.80. The highest BCUT2D eigenvalue weighted by molar-refractivity contribution is 5.27. The van der Waals surface area contributed by atoms with E-state index in [2.05, 4.69) is 54.6 Å². The summed E-state index contributed by atoms with van der Waals surface area (Å²) in [5.74, 6) is 1.07. The highest BCUT2D eigenvalue weighted by Crippen LogP contribution is 2.25. The fraction of sp³-hybridized carbons (Fsp3) is 0.400. The Morgan fingerprint density at radius 2 is 1.76 bits per heavy atom. The van der Waals surface area contributed by atoms with E-state index in [1.807, 2.05) is 19.3 Å².